The van der Waals surface area contributed by atoms with Gasteiger partial charge in [-0.1, -0.05) is 24.8 Å². The van der Waals surface area contributed by atoms with Gasteiger partial charge in [0.2, 0.25) is 0 Å². The Labute approximate surface area is 164 Å². The molecule has 3 aliphatic heterocycles. The van der Waals surface area contributed by atoms with E-state index in [0.717, 1.165) is 5.56 Å². The van der Waals surface area contributed by atoms with E-state index in [2.05, 4.69) is 6.58 Å². The standard InChI is InChI=1S/C21H26O7/c1-6-12-7-9-13(10-8-12)18(22)24-16-15(14-11-23-20(2,3)26-14)25-19-17(16)27-21(4,5)28-19/h6-10,14-17,19H,1,11H2,2-5H3/t14-,15-,16+,17-,19-/m1/s1. The normalized spacial score (nSPS) is 35.5. The van der Waals surface area contributed by atoms with E-state index in [-0.39, 0.29) is 0 Å². The average Bonchev–Trinajstić information content (AvgIpc) is 3.25. The lowest BCUT2D eigenvalue weighted by Crippen LogP contribution is -2.45. The highest BCUT2D eigenvalue weighted by Gasteiger charge is 2.60. The van der Waals surface area contributed by atoms with Crippen LogP contribution in [0, 0.1) is 0 Å². The monoisotopic (exact) mass is 390 g/mol. The number of ether oxygens (including phenoxy) is 6. The lowest BCUT2D eigenvalue weighted by Gasteiger charge is -2.28. The van der Waals surface area contributed by atoms with Crippen molar-refractivity contribution >= 4 is 12.0 Å². The number of hydrogen-bond acceptors (Lipinski definition) is 7. The molecule has 0 amide bonds. The van der Waals surface area contributed by atoms with Crippen LogP contribution in [0.5, 0.6) is 0 Å². The van der Waals surface area contributed by atoms with Crippen LogP contribution >= 0.6 is 0 Å². The molecule has 1 aromatic carbocycles. The van der Waals surface area contributed by atoms with Crippen molar-refractivity contribution in [2.75, 3.05) is 6.61 Å². The molecule has 0 spiro atoms. The molecule has 3 saturated heterocycles. The van der Waals surface area contributed by atoms with Gasteiger partial charge in [-0.2, -0.15) is 0 Å². The van der Waals surface area contributed by atoms with E-state index in [0.29, 0.717) is 12.2 Å². The van der Waals surface area contributed by atoms with E-state index in [1.807, 2.05) is 26.0 Å². The van der Waals surface area contributed by atoms with Crippen LogP contribution in [0.4, 0.5) is 0 Å². The first-order chi connectivity index (χ1) is 13.2. The number of carbonyl (C=O) groups is 1. The van der Waals surface area contributed by atoms with Gasteiger partial charge in [-0.15, -0.1) is 0 Å². The number of hydrogen-bond donors (Lipinski definition) is 0. The van der Waals surface area contributed by atoms with Crippen LogP contribution in [0.3, 0.4) is 0 Å². The number of fused-ring (bicyclic) bond motifs is 1. The van der Waals surface area contributed by atoms with E-state index < -0.39 is 48.2 Å². The first-order valence-corrected chi connectivity index (χ1v) is 9.44. The van der Waals surface area contributed by atoms with Crippen molar-refractivity contribution in [1.82, 2.24) is 0 Å². The first kappa shape index (κ1) is 19.5. The van der Waals surface area contributed by atoms with Crippen molar-refractivity contribution in [3.8, 4) is 0 Å². The highest BCUT2D eigenvalue weighted by molar-refractivity contribution is 5.89. The van der Waals surface area contributed by atoms with Gasteiger partial charge in [0.25, 0.3) is 0 Å². The summed E-state index contributed by atoms with van der Waals surface area (Å²) >= 11 is 0. The van der Waals surface area contributed by atoms with Crippen molar-refractivity contribution in [1.29, 1.82) is 0 Å². The Bertz CT molecular complexity index is 755. The molecule has 0 N–H and O–H groups in total. The molecule has 0 saturated carbocycles. The van der Waals surface area contributed by atoms with Gasteiger partial charge >= 0.3 is 5.97 Å². The van der Waals surface area contributed by atoms with Gasteiger partial charge in [-0.05, 0) is 45.4 Å². The zero-order chi connectivity index (χ0) is 20.1. The molecular weight excluding hydrogens is 364 g/mol. The maximum absolute atomic E-state index is 12.8. The van der Waals surface area contributed by atoms with Gasteiger partial charge in [0, 0.05) is 0 Å². The van der Waals surface area contributed by atoms with Crippen LogP contribution in [0.2, 0.25) is 0 Å². The Morgan fingerprint density at radius 3 is 2.39 bits per heavy atom. The second-order valence-corrected chi connectivity index (χ2v) is 8.13. The zero-order valence-corrected chi connectivity index (χ0v) is 16.5. The quantitative estimate of drug-likeness (QED) is 0.732. The van der Waals surface area contributed by atoms with E-state index in [1.54, 1.807) is 32.1 Å². The topological polar surface area (TPSA) is 72.5 Å². The van der Waals surface area contributed by atoms with Crippen LogP contribution in [0.15, 0.2) is 30.8 Å². The Morgan fingerprint density at radius 1 is 1.07 bits per heavy atom. The second kappa shape index (κ2) is 6.93. The molecule has 0 radical (unpaired) electrons. The third-order valence-electron chi connectivity index (χ3n) is 5.05. The SMILES string of the molecule is C=Cc1ccc(C(=O)O[C@@H]2[C@H]3OC(C)(C)O[C@H]3O[C@@H]2[C@H]2COC(C)(C)O2)cc1. The Kier molecular flexibility index (Phi) is 4.84. The molecule has 0 unspecified atom stereocenters. The smallest absolute Gasteiger partial charge is 0.338 e. The molecule has 5 atom stereocenters. The minimum atomic E-state index is -0.817. The van der Waals surface area contributed by atoms with Gasteiger partial charge in [0.05, 0.1) is 12.2 Å². The summed E-state index contributed by atoms with van der Waals surface area (Å²) in [6, 6.07) is 7.03. The summed E-state index contributed by atoms with van der Waals surface area (Å²) in [6.07, 6.45) is -1.08. The molecule has 28 heavy (non-hydrogen) atoms. The summed E-state index contributed by atoms with van der Waals surface area (Å²) in [5, 5.41) is 0. The van der Waals surface area contributed by atoms with E-state index in [4.69, 9.17) is 28.4 Å². The van der Waals surface area contributed by atoms with Crippen LogP contribution in [0.1, 0.15) is 43.6 Å². The predicted octanol–water partition coefficient (Wildman–Crippen LogP) is 2.88. The number of rotatable bonds is 4. The van der Waals surface area contributed by atoms with Crippen molar-refractivity contribution in [3.05, 3.63) is 42.0 Å². The number of esters is 1. The van der Waals surface area contributed by atoms with Crippen LogP contribution < -0.4 is 0 Å². The lowest BCUT2D eigenvalue weighted by molar-refractivity contribution is -0.232. The van der Waals surface area contributed by atoms with Crippen molar-refractivity contribution < 1.29 is 33.2 Å². The minimum absolute atomic E-state index is 0.336. The number of benzene rings is 1. The zero-order valence-electron chi connectivity index (χ0n) is 16.5. The van der Waals surface area contributed by atoms with Crippen molar-refractivity contribution in [3.63, 3.8) is 0 Å². The van der Waals surface area contributed by atoms with E-state index >= 15 is 0 Å². The molecule has 0 bridgehead atoms. The lowest BCUT2D eigenvalue weighted by atomic mass is 10.1. The van der Waals surface area contributed by atoms with Crippen molar-refractivity contribution in [2.24, 2.45) is 0 Å². The Hall–Kier alpha value is -1.77. The average molecular weight is 390 g/mol. The molecule has 3 heterocycles. The summed E-state index contributed by atoms with van der Waals surface area (Å²) in [7, 11) is 0. The van der Waals surface area contributed by atoms with Crippen LogP contribution in [-0.4, -0.2) is 54.9 Å². The predicted molar refractivity (Wildman–Crippen MR) is 99.3 cm³/mol. The largest absolute Gasteiger partial charge is 0.453 e. The summed E-state index contributed by atoms with van der Waals surface area (Å²) < 4.78 is 35.3. The second-order valence-electron chi connectivity index (χ2n) is 8.13. The fraction of sp³-hybridized carbons (Fsp3) is 0.571. The maximum Gasteiger partial charge on any atom is 0.338 e. The molecule has 152 valence electrons. The molecule has 3 aliphatic rings. The molecule has 4 rings (SSSR count). The molecule has 7 nitrogen and oxygen atoms in total. The van der Waals surface area contributed by atoms with Crippen LogP contribution in [0.25, 0.3) is 6.08 Å². The van der Waals surface area contributed by atoms with Crippen LogP contribution in [-0.2, 0) is 28.4 Å². The molecule has 3 fully saturated rings. The minimum Gasteiger partial charge on any atom is -0.453 e. The molecule has 1 aromatic rings. The van der Waals surface area contributed by atoms with Gasteiger partial charge in [0.1, 0.15) is 12.2 Å². The summed E-state index contributed by atoms with van der Waals surface area (Å²) in [6.45, 7) is 11.3. The Balaban J connectivity index is 1.54. The third-order valence-corrected chi connectivity index (χ3v) is 5.05. The highest BCUT2D eigenvalue weighted by Crippen LogP contribution is 2.42. The molecule has 7 heteroatoms. The third kappa shape index (κ3) is 3.73. The summed E-state index contributed by atoms with van der Waals surface area (Å²) in [5.41, 5.74) is 1.36. The van der Waals surface area contributed by atoms with Gasteiger partial charge in [0.15, 0.2) is 30.1 Å². The first-order valence-electron chi connectivity index (χ1n) is 9.44. The summed E-state index contributed by atoms with van der Waals surface area (Å²) in [4.78, 5) is 12.8. The summed E-state index contributed by atoms with van der Waals surface area (Å²) in [5.74, 6) is -1.99. The van der Waals surface area contributed by atoms with E-state index in [9.17, 15) is 4.79 Å². The Morgan fingerprint density at radius 2 is 1.79 bits per heavy atom. The van der Waals surface area contributed by atoms with Gasteiger partial charge < -0.3 is 28.4 Å². The molecular formula is C21H26O7. The maximum atomic E-state index is 12.8. The van der Waals surface area contributed by atoms with Crippen molar-refractivity contribution in [2.45, 2.75) is 70.0 Å². The molecule has 0 aromatic heterocycles. The fourth-order valence-electron chi connectivity index (χ4n) is 3.76. The molecule has 0 aliphatic carbocycles. The van der Waals surface area contributed by atoms with E-state index in [1.165, 1.54) is 0 Å². The number of carbonyl (C=O) groups excluding carboxylic acids is 1. The van der Waals surface area contributed by atoms with Gasteiger partial charge in [-0.3, -0.25) is 0 Å². The fourth-order valence-corrected chi connectivity index (χ4v) is 3.76. The highest BCUT2D eigenvalue weighted by atomic mass is 16.8. The van der Waals surface area contributed by atoms with Gasteiger partial charge in [-0.25, -0.2) is 4.79 Å².